The van der Waals surface area contributed by atoms with Crippen molar-refractivity contribution in [1.29, 1.82) is 0 Å². The average Bonchev–Trinajstić information content (AvgIpc) is 2.94. The van der Waals surface area contributed by atoms with Crippen molar-refractivity contribution in [2.75, 3.05) is 0 Å². The van der Waals surface area contributed by atoms with Gasteiger partial charge in [0.15, 0.2) is 17.0 Å². The molecule has 1 fully saturated rings. The van der Waals surface area contributed by atoms with E-state index in [9.17, 15) is 15.3 Å². The Labute approximate surface area is 118 Å². The topological polar surface area (TPSA) is 114 Å². The van der Waals surface area contributed by atoms with Gasteiger partial charge < -0.3 is 20.1 Å². The van der Waals surface area contributed by atoms with Gasteiger partial charge >= 0.3 is 0 Å². The first-order chi connectivity index (χ1) is 9.50. The van der Waals surface area contributed by atoms with Crippen LogP contribution in [0.5, 0.6) is 0 Å². The third-order valence-corrected chi connectivity index (χ3v) is 3.62. The van der Waals surface area contributed by atoms with Gasteiger partial charge in [0.1, 0.15) is 30.2 Å². The Morgan fingerprint density at radius 1 is 1.30 bits per heavy atom. The minimum absolute atomic E-state index is 0.189. The van der Waals surface area contributed by atoms with Gasteiger partial charge in [0, 0.05) is 0 Å². The molecule has 108 valence electrons. The maximum atomic E-state index is 10.1. The summed E-state index contributed by atoms with van der Waals surface area (Å²) in [6, 6.07) is 0. The van der Waals surface area contributed by atoms with Gasteiger partial charge in [-0.15, -0.1) is 0 Å². The fourth-order valence-electron chi connectivity index (χ4n) is 2.32. The van der Waals surface area contributed by atoms with Gasteiger partial charge in [-0.1, -0.05) is 11.6 Å². The molecule has 0 aromatic carbocycles. The van der Waals surface area contributed by atoms with Crippen LogP contribution in [0.15, 0.2) is 12.7 Å². The second-order valence-corrected chi connectivity index (χ2v) is 5.06. The smallest absolute Gasteiger partial charge is 0.167 e. The van der Waals surface area contributed by atoms with E-state index in [0.29, 0.717) is 11.2 Å². The predicted octanol–water partition coefficient (Wildman–Crippen LogP) is -0.520. The van der Waals surface area contributed by atoms with E-state index in [1.807, 2.05) is 0 Å². The number of aliphatic hydroxyl groups is 3. The molecule has 3 N–H and O–H groups in total. The van der Waals surface area contributed by atoms with Gasteiger partial charge in [-0.25, -0.2) is 15.0 Å². The van der Waals surface area contributed by atoms with Gasteiger partial charge in [-0.3, -0.25) is 4.57 Å². The zero-order valence-corrected chi connectivity index (χ0v) is 11.2. The molecule has 8 nitrogen and oxygen atoms in total. The lowest BCUT2D eigenvalue weighted by Crippen LogP contribution is -2.37. The highest BCUT2D eigenvalue weighted by atomic mass is 35.5. The van der Waals surface area contributed by atoms with Gasteiger partial charge in [0.05, 0.1) is 12.4 Å². The van der Waals surface area contributed by atoms with E-state index >= 15 is 0 Å². The number of halogens is 1. The molecule has 9 heteroatoms. The van der Waals surface area contributed by atoms with E-state index in [1.165, 1.54) is 24.1 Å². The normalized spacial score (nSPS) is 31.9. The largest absolute Gasteiger partial charge is 0.391 e. The Bertz CT molecular complexity index is 634. The van der Waals surface area contributed by atoms with Crippen LogP contribution in [0.1, 0.15) is 13.2 Å². The van der Waals surface area contributed by atoms with E-state index in [-0.39, 0.29) is 5.15 Å². The number of ether oxygens (including phenoxy) is 1. The highest BCUT2D eigenvalue weighted by molar-refractivity contribution is 6.33. The minimum atomic E-state index is -1.21. The number of rotatable bonds is 2. The lowest BCUT2D eigenvalue weighted by Gasteiger charge is -2.17. The summed E-state index contributed by atoms with van der Waals surface area (Å²) in [6.45, 7) is 1.48. The molecule has 0 aliphatic carbocycles. The summed E-state index contributed by atoms with van der Waals surface area (Å²) < 4.78 is 6.97. The quantitative estimate of drug-likeness (QED) is 0.639. The van der Waals surface area contributed by atoms with Crippen LogP contribution in [0.25, 0.3) is 11.2 Å². The number of aliphatic hydroxyl groups excluding tert-OH is 3. The maximum absolute atomic E-state index is 10.1. The second kappa shape index (κ2) is 4.90. The fraction of sp³-hybridized carbons (Fsp3) is 0.545. The number of aromatic nitrogens is 4. The van der Waals surface area contributed by atoms with Crippen molar-refractivity contribution in [2.24, 2.45) is 0 Å². The molecule has 0 saturated carbocycles. The number of nitrogens with zero attached hydrogens (tertiary/aromatic N) is 4. The van der Waals surface area contributed by atoms with Gasteiger partial charge in [-0.2, -0.15) is 0 Å². The van der Waals surface area contributed by atoms with Crippen LogP contribution in [-0.4, -0.2) is 59.3 Å². The Hall–Kier alpha value is -1.32. The average molecular weight is 301 g/mol. The van der Waals surface area contributed by atoms with Crippen LogP contribution in [-0.2, 0) is 4.74 Å². The molecule has 20 heavy (non-hydrogen) atoms. The molecule has 2 aromatic heterocycles. The first kappa shape index (κ1) is 13.7. The maximum Gasteiger partial charge on any atom is 0.167 e. The van der Waals surface area contributed by atoms with Gasteiger partial charge in [0.2, 0.25) is 0 Å². The molecular weight excluding hydrogens is 288 g/mol. The summed E-state index contributed by atoms with van der Waals surface area (Å²) in [4.78, 5) is 11.9. The second-order valence-electron chi connectivity index (χ2n) is 4.70. The molecule has 2 aromatic rings. The molecule has 5 unspecified atom stereocenters. The molecule has 1 saturated heterocycles. The van der Waals surface area contributed by atoms with Crippen LogP contribution in [0.2, 0.25) is 5.15 Å². The van der Waals surface area contributed by atoms with Crippen LogP contribution in [0, 0.1) is 0 Å². The SMILES string of the molecule is CC(O)C1OC(n2cnc3c(Cl)ncnc32)C(O)C1O. The van der Waals surface area contributed by atoms with Crippen molar-refractivity contribution in [3.05, 3.63) is 17.8 Å². The van der Waals surface area contributed by atoms with Crippen molar-refractivity contribution >= 4 is 22.8 Å². The van der Waals surface area contributed by atoms with Crippen molar-refractivity contribution < 1.29 is 20.1 Å². The van der Waals surface area contributed by atoms with E-state index in [2.05, 4.69) is 15.0 Å². The Balaban J connectivity index is 2.02. The lowest BCUT2D eigenvalue weighted by atomic mass is 10.1. The number of imidazole rings is 1. The zero-order chi connectivity index (χ0) is 14.4. The molecule has 3 heterocycles. The third-order valence-electron chi connectivity index (χ3n) is 3.34. The Kier molecular flexibility index (Phi) is 3.35. The summed E-state index contributed by atoms with van der Waals surface area (Å²) in [7, 11) is 0. The van der Waals surface area contributed by atoms with Crippen molar-refractivity contribution in [3.63, 3.8) is 0 Å². The van der Waals surface area contributed by atoms with E-state index < -0.39 is 30.6 Å². The van der Waals surface area contributed by atoms with Crippen molar-refractivity contribution in [3.8, 4) is 0 Å². The molecule has 0 bridgehead atoms. The van der Waals surface area contributed by atoms with E-state index in [1.54, 1.807) is 0 Å². The lowest BCUT2D eigenvalue weighted by molar-refractivity contribution is -0.0777. The molecule has 0 spiro atoms. The number of hydrogen-bond acceptors (Lipinski definition) is 7. The molecule has 1 aliphatic rings. The first-order valence-electron chi connectivity index (χ1n) is 6.03. The zero-order valence-electron chi connectivity index (χ0n) is 10.5. The van der Waals surface area contributed by atoms with Crippen molar-refractivity contribution in [1.82, 2.24) is 19.5 Å². The van der Waals surface area contributed by atoms with Crippen LogP contribution >= 0.6 is 11.6 Å². The summed E-state index contributed by atoms with van der Waals surface area (Å²) >= 11 is 5.90. The minimum Gasteiger partial charge on any atom is -0.391 e. The molecule has 0 amide bonds. The van der Waals surface area contributed by atoms with E-state index in [4.69, 9.17) is 16.3 Å². The fourth-order valence-corrected chi connectivity index (χ4v) is 2.50. The number of hydrogen-bond donors (Lipinski definition) is 3. The third kappa shape index (κ3) is 1.97. The van der Waals surface area contributed by atoms with Crippen molar-refractivity contribution in [2.45, 2.75) is 37.6 Å². The molecule has 1 aliphatic heterocycles. The molecule has 5 atom stereocenters. The standard InChI is InChI=1S/C11H13ClN4O4/c1-4(17)8-6(18)7(19)11(20-8)16-3-15-5-9(12)13-2-14-10(5)16/h2-4,6-8,11,17-19H,1H3. The first-order valence-corrected chi connectivity index (χ1v) is 6.41. The number of fused-ring (bicyclic) bond motifs is 1. The summed E-state index contributed by atoms with van der Waals surface area (Å²) in [5, 5.41) is 29.7. The van der Waals surface area contributed by atoms with Crippen LogP contribution in [0.4, 0.5) is 0 Å². The molecule has 0 radical (unpaired) electrons. The Morgan fingerprint density at radius 2 is 2.05 bits per heavy atom. The van der Waals surface area contributed by atoms with E-state index in [0.717, 1.165) is 0 Å². The monoisotopic (exact) mass is 300 g/mol. The Morgan fingerprint density at radius 3 is 2.70 bits per heavy atom. The molecule has 3 rings (SSSR count). The summed E-state index contributed by atoms with van der Waals surface area (Å²) in [5.74, 6) is 0. The summed E-state index contributed by atoms with van der Waals surface area (Å²) in [6.07, 6.45) is -2.44. The predicted molar refractivity (Wildman–Crippen MR) is 67.9 cm³/mol. The van der Waals surface area contributed by atoms with Gasteiger partial charge in [-0.05, 0) is 6.92 Å². The van der Waals surface area contributed by atoms with Crippen LogP contribution < -0.4 is 0 Å². The van der Waals surface area contributed by atoms with Crippen LogP contribution in [0.3, 0.4) is 0 Å². The summed E-state index contributed by atoms with van der Waals surface area (Å²) in [5.41, 5.74) is 0.757. The highest BCUT2D eigenvalue weighted by Gasteiger charge is 2.46. The molecular formula is C11H13ClN4O4. The highest BCUT2D eigenvalue weighted by Crippen LogP contribution is 2.33. The van der Waals surface area contributed by atoms with Gasteiger partial charge in [0.25, 0.3) is 0 Å².